The third-order valence-corrected chi connectivity index (χ3v) is 5.34. The van der Waals surface area contributed by atoms with Gasteiger partial charge in [-0.15, -0.1) is 0 Å². The summed E-state index contributed by atoms with van der Waals surface area (Å²) in [4.78, 5) is 14.5. The van der Waals surface area contributed by atoms with Crippen LogP contribution in [0.3, 0.4) is 0 Å². The Balaban J connectivity index is 1.79. The molecular weight excluding hydrogens is 340 g/mol. The van der Waals surface area contributed by atoms with Gasteiger partial charge >= 0.3 is 0 Å². The molecule has 2 aromatic rings. The second-order valence-electron chi connectivity index (χ2n) is 5.93. The van der Waals surface area contributed by atoms with Gasteiger partial charge in [0.15, 0.2) is 0 Å². The molecule has 25 heavy (non-hydrogen) atoms. The summed E-state index contributed by atoms with van der Waals surface area (Å²) < 4.78 is 32.8. The maximum Gasteiger partial charge on any atom is 0.261 e. The summed E-state index contributed by atoms with van der Waals surface area (Å²) in [6.07, 6.45) is -0.00235. The molecule has 7 heteroatoms. The predicted octanol–water partition coefficient (Wildman–Crippen LogP) is 2.35. The van der Waals surface area contributed by atoms with E-state index in [1.54, 1.807) is 47.4 Å². The van der Waals surface area contributed by atoms with E-state index >= 15 is 0 Å². The second kappa shape index (κ2) is 7.25. The Bertz CT molecular complexity index is 852. The molecule has 1 saturated heterocycles. The first-order valence-corrected chi connectivity index (χ1v) is 9.53. The average Bonchev–Trinajstić information content (AvgIpc) is 2.62. The van der Waals surface area contributed by atoms with Gasteiger partial charge in [0.05, 0.1) is 17.6 Å². The summed E-state index contributed by atoms with van der Waals surface area (Å²) >= 11 is 0. The highest BCUT2D eigenvalue weighted by molar-refractivity contribution is 7.92. The topological polar surface area (TPSA) is 75.7 Å². The van der Waals surface area contributed by atoms with Gasteiger partial charge in [0.2, 0.25) is 0 Å². The minimum absolute atomic E-state index is 0.00235. The number of amides is 1. The number of morpholine rings is 1. The zero-order valence-corrected chi connectivity index (χ0v) is 14.7. The van der Waals surface area contributed by atoms with Gasteiger partial charge in [-0.25, -0.2) is 8.42 Å². The van der Waals surface area contributed by atoms with Crippen LogP contribution in [-0.4, -0.2) is 45.0 Å². The van der Waals surface area contributed by atoms with Gasteiger partial charge in [-0.1, -0.05) is 24.3 Å². The summed E-state index contributed by atoms with van der Waals surface area (Å²) in [5.41, 5.74) is 0.804. The molecule has 132 valence electrons. The van der Waals surface area contributed by atoms with E-state index in [1.165, 1.54) is 12.1 Å². The van der Waals surface area contributed by atoms with E-state index in [4.69, 9.17) is 4.74 Å². The van der Waals surface area contributed by atoms with Gasteiger partial charge in [-0.3, -0.25) is 9.52 Å². The first-order valence-electron chi connectivity index (χ1n) is 8.04. The largest absolute Gasteiger partial charge is 0.375 e. The average molecular weight is 360 g/mol. The number of anilines is 1. The van der Waals surface area contributed by atoms with E-state index < -0.39 is 10.0 Å². The number of sulfonamides is 1. The molecular formula is C18H20N2O4S. The molecule has 0 aliphatic carbocycles. The second-order valence-corrected chi connectivity index (χ2v) is 7.61. The van der Waals surface area contributed by atoms with E-state index in [-0.39, 0.29) is 16.9 Å². The Hall–Kier alpha value is -2.38. The van der Waals surface area contributed by atoms with E-state index in [0.717, 1.165) is 0 Å². The molecule has 1 atom stereocenters. The van der Waals surface area contributed by atoms with Crippen LogP contribution in [-0.2, 0) is 14.8 Å². The van der Waals surface area contributed by atoms with Gasteiger partial charge in [0.25, 0.3) is 15.9 Å². The number of benzene rings is 2. The Labute approximate surface area is 147 Å². The van der Waals surface area contributed by atoms with Crippen LogP contribution in [0.15, 0.2) is 59.5 Å². The fraction of sp³-hybridized carbons (Fsp3) is 0.278. The van der Waals surface area contributed by atoms with Gasteiger partial charge in [-0.05, 0) is 37.3 Å². The first kappa shape index (κ1) is 17.4. The molecule has 0 saturated carbocycles. The summed E-state index contributed by atoms with van der Waals surface area (Å²) in [7, 11) is -3.68. The molecule has 6 nitrogen and oxygen atoms in total. The maximum absolute atomic E-state index is 12.6. The standard InChI is InChI=1S/C18H20N2O4S/c1-14-13-20(10-11-24-14)18(21)15-6-5-7-16(12-15)19-25(22,23)17-8-3-2-4-9-17/h2-9,12,14,19H,10-11,13H2,1H3/t14-/m0/s1. The monoisotopic (exact) mass is 360 g/mol. The molecule has 1 N–H and O–H groups in total. The molecule has 0 radical (unpaired) electrons. The lowest BCUT2D eigenvalue weighted by molar-refractivity contribution is -0.0124. The predicted molar refractivity (Wildman–Crippen MR) is 95.0 cm³/mol. The van der Waals surface area contributed by atoms with Crippen LogP contribution in [0.25, 0.3) is 0 Å². The van der Waals surface area contributed by atoms with Crippen molar-refractivity contribution in [2.45, 2.75) is 17.9 Å². The maximum atomic E-state index is 12.6. The third-order valence-electron chi connectivity index (χ3n) is 3.94. The Morgan fingerprint density at radius 3 is 2.64 bits per heavy atom. The van der Waals surface area contributed by atoms with Crippen LogP contribution in [0.2, 0.25) is 0 Å². The number of nitrogens with one attached hydrogen (secondary N) is 1. The number of nitrogens with zero attached hydrogens (tertiary/aromatic N) is 1. The highest BCUT2D eigenvalue weighted by Crippen LogP contribution is 2.19. The molecule has 1 aliphatic rings. The summed E-state index contributed by atoms with van der Waals surface area (Å²) in [6, 6.07) is 14.6. The number of carbonyl (C=O) groups excluding carboxylic acids is 1. The summed E-state index contributed by atoms with van der Waals surface area (Å²) in [5.74, 6) is -0.129. The number of hydrogen-bond donors (Lipinski definition) is 1. The van der Waals surface area contributed by atoms with Crippen LogP contribution in [0, 0.1) is 0 Å². The number of rotatable bonds is 4. The smallest absolute Gasteiger partial charge is 0.261 e. The Morgan fingerprint density at radius 2 is 1.92 bits per heavy atom. The van der Waals surface area contributed by atoms with Crippen molar-refractivity contribution in [2.75, 3.05) is 24.4 Å². The fourth-order valence-electron chi connectivity index (χ4n) is 2.71. The van der Waals surface area contributed by atoms with Crippen molar-refractivity contribution >= 4 is 21.6 Å². The SMILES string of the molecule is C[C@H]1CN(C(=O)c2cccc(NS(=O)(=O)c3ccccc3)c2)CCO1. The first-order chi connectivity index (χ1) is 12.0. The molecule has 1 amide bonds. The molecule has 0 unspecified atom stereocenters. The summed E-state index contributed by atoms with van der Waals surface area (Å²) in [5, 5.41) is 0. The zero-order chi connectivity index (χ0) is 17.9. The van der Waals surface area contributed by atoms with Crippen molar-refractivity contribution in [2.24, 2.45) is 0 Å². The van der Waals surface area contributed by atoms with E-state index in [0.29, 0.717) is 30.9 Å². The minimum atomic E-state index is -3.68. The molecule has 0 bridgehead atoms. The van der Waals surface area contributed by atoms with Crippen LogP contribution >= 0.6 is 0 Å². The van der Waals surface area contributed by atoms with E-state index in [2.05, 4.69) is 4.72 Å². The normalized spacial score (nSPS) is 18.0. The van der Waals surface area contributed by atoms with Crippen molar-refractivity contribution in [3.8, 4) is 0 Å². The molecule has 0 aromatic heterocycles. The highest BCUT2D eigenvalue weighted by Gasteiger charge is 2.23. The van der Waals surface area contributed by atoms with Crippen LogP contribution in [0.1, 0.15) is 17.3 Å². The quantitative estimate of drug-likeness (QED) is 0.908. The van der Waals surface area contributed by atoms with E-state index in [1.807, 2.05) is 6.92 Å². The molecule has 1 aliphatic heterocycles. The van der Waals surface area contributed by atoms with Crippen molar-refractivity contribution in [3.05, 3.63) is 60.2 Å². The van der Waals surface area contributed by atoms with Gasteiger partial charge in [0.1, 0.15) is 0 Å². The number of ether oxygens (including phenoxy) is 1. The van der Waals surface area contributed by atoms with Crippen molar-refractivity contribution < 1.29 is 17.9 Å². The minimum Gasteiger partial charge on any atom is -0.375 e. The molecule has 1 heterocycles. The third kappa shape index (κ3) is 4.18. The fourth-order valence-corrected chi connectivity index (χ4v) is 3.79. The lowest BCUT2D eigenvalue weighted by Gasteiger charge is -2.31. The van der Waals surface area contributed by atoms with Gasteiger partial charge < -0.3 is 9.64 Å². The van der Waals surface area contributed by atoms with Gasteiger partial charge in [0, 0.05) is 24.3 Å². The van der Waals surface area contributed by atoms with Gasteiger partial charge in [-0.2, -0.15) is 0 Å². The molecule has 0 spiro atoms. The van der Waals surface area contributed by atoms with Crippen LogP contribution in [0.4, 0.5) is 5.69 Å². The number of hydrogen-bond acceptors (Lipinski definition) is 4. The lowest BCUT2D eigenvalue weighted by atomic mass is 10.1. The van der Waals surface area contributed by atoms with Crippen LogP contribution < -0.4 is 4.72 Å². The molecule has 2 aromatic carbocycles. The number of carbonyl (C=O) groups is 1. The lowest BCUT2D eigenvalue weighted by Crippen LogP contribution is -2.44. The van der Waals surface area contributed by atoms with Crippen LogP contribution in [0.5, 0.6) is 0 Å². The Morgan fingerprint density at radius 1 is 1.16 bits per heavy atom. The van der Waals surface area contributed by atoms with E-state index in [9.17, 15) is 13.2 Å². The van der Waals surface area contributed by atoms with Crippen molar-refractivity contribution in [1.82, 2.24) is 4.90 Å². The highest BCUT2D eigenvalue weighted by atomic mass is 32.2. The Kier molecular flexibility index (Phi) is 5.06. The molecule has 1 fully saturated rings. The zero-order valence-electron chi connectivity index (χ0n) is 13.9. The van der Waals surface area contributed by atoms with Crippen molar-refractivity contribution in [1.29, 1.82) is 0 Å². The summed E-state index contributed by atoms with van der Waals surface area (Å²) in [6.45, 7) is 3.49. The molecule has 3 rings (SSSR count). The van der Waals surface area contributed by atoms with Crippen molar-refractivity contribution in [3.63, 3.8) is 0 Å².